The molecule has 0 bridgehead atoms. The van der Waals surface area contributed by atoms with Crippen LogP contribution in [0.15, 0.2) is 35.1 Å². The number of aromatic hydroxyl groups is 2. The summed E-state index contributed by atoms with van der Waals surface area (Å²) in [5, 5.41) is 23.3. The second-order valence-electron chi connectivity index (χ2n) is 4.04. The maximum absolute atomic E-state index is 9.77. The van der Waals surface area contributed by atoms with E-state index in [0.717, 1.165) is 0 Å². The van der Waals surface area contributed by atoms with Gasteiger partial charge in [0.05, 0.1) is 7.11 Å². The summed E-state index contributed by atoms with van der Waals surface area (Å²) >= 11 is 0. The molecule has 21 heavy (non-hydrogen) atoms. The van der Waals surface area contributed by atoms with Crippen molar-refractivity contribution < 1.29 is 19.5 Å². The number of phenols is 2. The highest BCUT2D eigenvalue weighted by atomic mass is 16.5. The zero-order valence-electron chi connectivity index (χ0n) is 10.9. The number of ether oxygens (including phenoxy) is 1. The predicted molar refractivity (Wildman–Crippen MR) is 70.6 cm³/mol. The van der Waals surface area contributed by atoms with Crippen molar-refractivity contribution in [3.05, 3.63) is 30.6 Å². The molecule has 8 heteroatoms. The molecule has 0 amide bonds. The van der Waals surface area contributed by atoms with E-state index in [0.29, 0.717) is 11.6 Å². The van der Waals surface area contributed by atoms with E-state index in [1.54, 1.807) is 6.07 Å². The molecule has 106 valence electrons. The fourth-order valence-corrected chi connectivity index (χ4v) is 1.75. The molecule has 0 spiro atoms. The van der Waals surface area contributed by atoms with Crippen LogP contribution in [0.1, 0.15) is 0 Å². The molecule has 0 atom stereocenters. The van der Waals surface area contributed by atoms with Gasteiger partial charge in [-0.1, -0.05) is 11.2 Å². The van der Waals surface area contributed by atoms with Gasteiger partial charge in [0, 0.05) is 6.07 Å². The first-order valence-corrected chi connectivity index (χ1v) is 5.90. The summed E-state index contributed by atoms with van der Waals surface area (Å²) in [6.45, 7) is 0. The number of aromatic nitrogens is 4. The molecule has 8 nitrogen and oxygen atoms in total. The van der Waals surface area contributed by atoms with Crippen molar-refractivity contribution >= 4 is 0 Å². The average Bonchev–Trinajstić information content (AvgIpc) is 2.97. The number of hydrogen-bond donors (Lipinski definition) is 2. The third kappa shape index (κ3) is 2.34. The van der Waals surface area contributed by atoms with Crippen LogP contribution in [0.5, 0.6) is 17.4 Å². The van der Waals surface area contributed by atoms with E-state index < -0.39 is 0 Å². The molecule has 2 N–H and O–H groups in total. The zero-order valence-corrected chi connectivity index (χ0v) is 10.9. The second kappa shape index (κ2) is 5.08. The van der Waals surface area contributed by atoms with Gasteiger partial charge >= 0.3 is 0 Å². The first-order chi connectivity index (χ1) is 10.2. The lowest BCUT2D eigenvalue weighted by atomic mass is 10.2. The van der Waals surface area contributed by atoms with Crippen LogP contribution in [0.4, 0.5) is 0 Å². The van der Waals surface area contributed by atoms with Crippen LogP contribution in [0.25, 0.3) is 23.0 Å². The van der Waals surface area contributed by atoms with Gasteiger partial charge in [-0.05, 0) is 12.1 Å². The van der Waals surface area contributed by atoms with Crippen molar-refractivity contribution in [1.82, 2.24) is 20.1 Å². The first kappa shape index (κ1) is 12.9. The van der Waals surface area contributed by atoms with Crippen molar-refractivity contribution in [2.45, 2.75) is 0 Å². The van der Waals surface area contributed by atoms with Gasteiger partial charge in [0.25, 0.3) is 5.89 Å². The van der Waals surface area contributed by atoms with Crippen LogP contribution in [-0.2, 0) is 0 Å². The van der Waals surface area contributed by atoms with Gasteiger partial charge in [0.15, 0.2) is 0 Å². The van der Waals surface area contributed by atoms with Crippen molar-refractivity contribution in [3.8, 4) is 40.4 Å². The van der Waals surface area contributed by atoms with E-state index in [4.69, 9.17) is 9.26 Å². The molecule has 0 saturated carbocycles. The van der Waals surface area contributed by atoms with Crippen LogP contribution in [0.2, 0.25) is 0 Å². The monoisotopic (exact) mass is 286 g/mol. The van der Waals surface area contributed by atoms with Crippen LogP contribution in [0.3, 0.4) is 0 Å². The van der Waals surface area contributed by atoms with Gasteiger partial charge in [-0.25, -0.2) is 9.97 Å². The summed E-state index contributed by atoms with van der Waals surface area (Å²) in [5.74, 6) is 0.208. The van der Waals surface area contributed by atoms with Crippen LogP contribution in [-0.4, -0.2) is 37.4 Å². The quantitative estimate of drug-likeness (QED) is 0.746. The van der Waals surface area contributed by atoms with Crippen molar-refractivity contribution in [2.75, 3.05) is 7.11 Å². The minimum atomic E-state index is -0.162. The standard InChI is InChI=1S/C13H10N4O4/c1-20-10-5-7(14-6-15-10)12-16-13(21-17-12)11-8(18)3-2-4-9(11)19/h2-6,18-19H,1H3. The third-order valence-electron chi connectivity index (χ3n) is 2.74. The molecule has 0 saturated heterocycles. The zero-order chi connectivity index (χ0) is 14.8. The highest BCUT2D eigenvalue weighted by Crippen LogP contribution is 2.36. The maximum Gasteiger partial charge on any atom is 0.265 e. The third-order valence-corrected chi connectivity index (χ3v) is 2.74. The minimum absolute atomic E-state index is 0.0156. The van der Waals surface area contributed by atoms with E-state index in [-0.39, 0.29) is 28.8 Å². The topological polar surface area (TPSA) is 114 Å². The lowest BCUT2D eigenvalue weighted by Gasteiger charge is -2.01. The van der Waals surface area contributed by atoms with E-state index in [1.165, 1.54) is 31.6 Å². The Bertz CT molecular complexity index is 767. The van der Waals surface area contributed by atoms with Gasteiger partial charge in [-0.15, -0.1) is 0 Å². The molecule has 2 aromatic heterocycles. The predicted octanol–water partition coefficient (Wildman–Crippen LogP) is 1.61. The summed E-state index contributed by atoms with van der Waals surface area (Å²) in [4.78, 5) is 12.0. The Kier molecular flexibility index (Phi) is 3.11. The molecular weight excluding hydrogens is 276 g/mol. The average molecular weight is 286 g/mol. The molecular formula is C13H10N4O4. The second-order valence-corrected chi connectivity index (χ2v) is 4.04. The number of methoxy groups -OCH3 is 1. The normalized spacial score (nSPS) is 10.5. The number of hydrogen-bond acceptors (Lipinski definition) is 8. The molecule has 0 fully saturated rings. The number of phenolic OH excluding ortho intramolecular Hbond substituents is 2. The van der Waals surface area contributed by atoms with Gasteiger partial charge in [-0.3, -0.25) is 0 Å². The lowest BCUT2D eigenvalue weighted by molar-refractivity contribution is 0.397. The van der Waals surface area contributed by atoms with Crippen LogP contribution >= 0.6 is 0 Å². The Labute approximate surface area is 118 Å². The maximum atomic E-state index is 9.77. The van der Waals surface area contributed by atoms with E-state index >= 15 is 0 Å². The molecule has 0 aliphatic carbocycles. The molecule has 0 aliphatic rings. The highest BCUT2D eigenvalue weighted by molar-refractivity contribution is 5.70. The van der Waals surface area contributed by atoms with Gasteiger partial charge in [0.1, 0.15) is 29.1 Å². The summed E-state index contributed by atoms with van der Waals surface area (Å²) in [5.41, 5.74) is 0.462. The lowest BCUT2D eigenvalue weighted by Crippen LogP contribution is -1.91. The Morgan fingerprint density at radius 2 is 1.90 bits per heavy atom. The molecule has 3 aromatic rings. The Morgan fingerprint density at radius 1 is 1.14 bits per heavy atom. The number of nitrogens with zero attached hydrogens (tertiary/aromatic N) is 4. The van der Waals surface area contributed by atoms with Gasteiger partial charge in [0.2, 0.25) is 11.7 Å². The Morgan fingerprint density at radius 3 is 2.62 bits per heavy atom. The summed E-state index contributed by atoms with van der Waals surface area (Å²) in [7, 11) is 1.48. The van der Waals surface area contributed by atoms with Crippen molar-refractivity contribution in [3.63, 3.8) is 0 Å². The van der Waals surface area contributed by atoms with E-state index in [1.807, 2.05) is 0 Å². The molecule has 2 heterocycles. The minimum Gasteiger partial charge on any atom is -0.507 e. The molecule has 1 aromatic carbocycles. The SMILES string of the molecule is COc1cc(-c2noc(-c3c(O)cccc3O)n2)ncn1. The molecule has 3 rings (SSSR count). The summed E-state index contributed by atoms with van der Waals surface area (Å²) in [6.07, 6.45) is 1.31. The Hall–Kier alpha value is -3.16. The first-order valence-electron chi connectivity index (χ1n) is 5.90. The number of rotatable bonds is 3. The van der Waals surface area contributed by atoms with Crippen LogP contribution < -0.4 is 4.74 Å². The van der Waals surface area contributed by atoms with Crippen molar-refractivity contribution in [1.29, 1.82) is 0 Å². The molecule has 0 aliphatic heterocycles. The highest BCUT2D eigenvalue weighted by Gasteiger charge is 2.18. The fraction of sp³-hybridized carbons (Fsp3) is 0.0769. The van der Waals surface area contributed by atoms with Crippen molar-refractivity contribution in [2.24, 2.45) is 0 Å². The largest absolute Gasteiger partial charge is 0.507 e. The molecule has 0 unspecified atom stereocenters. The molecule has 0 radical (unpaired) electrons. The smallest absolute Gasteiger partial charge is 0.265 e. The van der Waals surface area contributed by atoms with Gasteiger partial charge < -0.3 is 19.5 Å². The van der Waals surface area contributed by atoms with E-state index in [2.05, 4.69) is 20.1 Å². The number of benzene rings is 1. The van der Waals surface area contributed by atoms with E-state index in [9.17, 15) is 10.2 Å². The summed E-state index contributed by atoms with van der Waals surface area (Å²) < 4.78 is 10.0. The summed E-state index contributed by atoms with van der Waals surface area (Å²) in [6, 6.07) is 5.86. The fourth-order valence-electron chi connectivity index (χ4n) is 1.75. The van der Waals surface area contributed by atoms with Gasteiger partial charge in [-0.2, -0.15) is 4.98 Å². The Balaban J connectivity index is 2.04. The van der Waals surface area contributed by atoms with Crippen LogP contribution in [0, 0.1) is 0 Å².